The number of rotatable bonds is 9. The van der Waals surface area contributed by atoms with Gasteiger partial charge >= 0.3 is 0 Å². The molecule has 118 valence electrons. The van der Waals surface area contributed by atoms with E-state index in [9.17, 15) is 4.79 Å². The van der Waals surface area contributed by atoms with E-state index in [1.165, 1.54) is 5.56 Å². The third-order valence-corrected chi connectivity index (χ3v) is 3.85. The van der Waals surface area contributed by atoms with Crippen LogP contribution in [-0.2, 0) is 4.79 Å². The van der Waals surface area contributed by atoms with E-state index in [4.69, 9.17) is 11.5 Å². The smallest absolute Gasteiger partial charge is 0.231 e. The first-order valence-electron chi connectivity index (χ1n) is 7.84. The van der Waals surface area contributed by atoms with Crippen LogP contribution in [0.3, 0.4) is 0 Å². The van der Waals surface area contributed by atoms with Gasteiger partial charge in [0.1, 0.15) is 0 Å². The SMILES string of the molecule is CCCCN(CC(N)=O)C(c1ccc(C)cc1)C(N)CC. The van der Waals surface area contributed by atoms with Gasteiger partial charge in [0.2, 0.25) is 5.91 Å². The number of carbonyl (C=O) groups excluding carboxylic acids is 1. The lowest BCUT2D eigenvalue weighted by molar-refractivity contribution is -0.119. The second-order valence-electron chi connectivity index (χ2n) is 5.72. The topological polar surface area (TPSA) is 72.3 Å². The van der Waals surface area contributed by atoms with Crippen LogP contribution in [0.25, 0.3) is 0 Å². The molecule has 21 heavy (non-hydrogen) atoms. The Morgan fingerprint density at radius 1 is 1.24 bits per heavy atom. The summed E-state index contributed by atoms with van der Waals surface area (Å²) < 4.78 is 0. The van der Waals surface area contributed by atoms with Crippen molar-refractivity contribution in [1.82, 2.24) is 4.90 Å². The highest BCUT2D eigenvalue weighted by atomic mass is 16.1. The molecule has 1 aromatic rings. The largest absolute Gasteiger partial charge is 0.369 e. The summed E-state index contributed by atoms with van der Waals surface area (Å²) in [4.78, 5) is 13.5. The maximum absolute atomic E-state index is 11.4. The third kappa shape index (κ3) is 5.48. The third-order valence-electron chi connectivity index (χ3n) is 3.85. The number of nitrogens with zero attached hydrogens (tertiary/aromatic N) is 1. The molecule has 2 atom stereocenters. The summed E-state index contributed by atoms with van der Waals surface area (Å²) in [7, 11) is 0. The standard InChI is InChI=1S/C17H29N3O/c1-4-6-11-20(12-16(19)21)17(15(18)5-2)14-9-7-13(3)8-10-14/h7-10,15,17H,4-6,11-12,18H2,1-3H3,(H2,19,21). The lowest BCUT2D eigenvalue weighted by atomic mass is 9.95. The van der Waals surface area contributed by atoms with E-state index in [0.717, 1.165) is 31.4 Å². The molecule has 0 aromatic heterocycles. The van der Waals surface area contributed by atoms with Crippen molar-refractivity contribution in [2.75, 3.05) is 13.1 Å². The summed E-state index contributed by atoms with van der Waals surface area (Å²) in [5, 5.41) is 0. The predicted molar refractivity (Wildman–Crippen MR) is 87.9 cm³/mol. The summed E-state index contributed by atoms with van der Waals surface area (Å²) >= 11 is 0. The number of primary amides is 1. The minimum atomic E-state index is -0.300. The van der Waals surface area contributed by atoms with Crippen LogP contribution in [0.5, 0.6) is 0 Å². The zero-order valence-corrected chi connectivity index (χ0v) is 13.5. The lowest BCUT2D eigenvalue weighted by Gasteiger charge is -2.35. The number of hydrogen-bond acceptors (Lipinski definition) is 3. The molecule has 0 aliphatic rings. The minimum Gasteiger partial charge on any atom is -0.369 e. The van der Waals surface area contributed by atoms with E-state index in [1.54, 1.807) is 0 Å². The highest BCUT2D eigenvalue weighted by Crippen LogP contribution is 2.25. The number of unbranched alkanes of at least 4 members (excludes halogenated alkanes) is 1. The van der Waals surface area contributed by atoms with Crippen molar-refractivity contribution >= 4 is 5.91 Å². The monoisotopic (exact) mass is 291 g/mol. The minimum absolute atomic E-state index is 0.0103. The molecular formula is C17H29N3O. The van der Waals surface area contributed by atoms with Crippen LogP contribution in [0.1, 0.15) is 50.3 Å². The number of nitrogens with two attached hydrogens (primary N) is 2. The quantitative estimate of drug-likeness (QED) is 0.733. The van der Waals surface area contributed by atoms with Crippen LogP contribution in [0.4, 0.5) is 0 Å². The first-order chi connectivity index (χ1) is 9.99. The van der Waals surface area contributed by atoms with Gasteiger partial charge in [0.15, 0.2) is 0 Å². The van der Waals surface area contributed by atoms with Crippen LogP contribution in [0, 0.1) is 6.92 Å². The fraction of sp³-hybridized carbons (Fsp3) is 0.588. The zero-order valence-electron chi connectivity index (χ0n) is 13.5. The van der Waals surface area contributed by atoms with Gasteiger partial charge in [0.25, 0.3) is 0 Å². The predicted octanol–water partition coefficient (Wildman–Crippen LogP) is 2.36. The average molecular weight is 291 g/mol. The molecular weight excluding hydrogens is 262 g/mol. The Labute approximate surface area is 128 Å². The van der Waals surface area contributed by atoms with Crippen molar-refractivity contribution in [2.45, 2.75) is 52.1 Å². The van der Waals surface area contributed by atoms with E-state index < -0.39 is 0 Å². The molecule has 0 radical (unpaired) electrons. The molecule has 0 aliphatic heterocycles. The van der Waals surface area contributed by atoms with Crippen LogP contribution < -0.4 is 11.5 Å². The fourth-order valence-electron chi connectivity index (χ4n) is 2.59. The highest BCUT2D eigenvalue weighted by molar-refractivity contribution is 5.76. The van der Waals surface area contributed by atoms with E-state index in [0.29, 0.717) is 0 Å². The van der Waals surface area contributed by atoms with Gasteiger partial charge in [-0.3, -0.25) is 9.69 Å². The molecule has 4 N–H and O–H groups in total. The van der Waals surface area contributed by atoms with E-state index in [-0.39, 0.29) is 24.5 Å². The summed E-state index contributed by atoms with van der Waals surface area (Å²) in [6, 6.07) is 8.42. The first kappa shape index (κ1) is 17.7. The number of carbonyl (C=O) groups is 1. The summed E-state index contributed by atoms with van der Waals surface area (Å²) in [6.45, 7) is 7.38. The van der Waals surface area contributed by atoms with Gasteiger partial charge in [-0.25, -0.2) is 0 Å². The van der Waals surface area contributed by atoms with Crippen molar-refractivity contribution in [2.24, 2.45) is 11.5 Å². The molecule has 0 bridgehead atoms. The van der Waals surface area contributed by atoms with Gasteiger partial charge in [-0.05, 0) is 31.9 Å². The highest BCUT2D eigenvalue weighted by Gasteiger charge is 2.26. The Balaban J connectivity index is 3.05. The van der Waals surface area contributed by atoms with Gasteiger partial charge in [-0.15, -0.1) is 0 Å². The van der Waals surface area contributed by atoms with E-state index in [2.05, 4.69) is 49.9 Å². The maximum atomic E-state index is 11.4. The van der Waals surface area contributed by atoms with E-state index in [1.807, 2.05) is 0 Å². The number of benzene rings is 1. The van der Waals surface area contributed by atoms with Gasteiger partial charge in [-0.2, -0.15) is 0 Å². The fourth-order valence-corrected chi connectivity index (χ4v) is 2.59. The van der Waals surface area contributed by atoms with Crippen molar-refractivity contribution in [3.05, 3.63) is 35.4 Å². The van der Waals surface area contributed by atoms with Gasteiger partial charge < -0.3 is 11.5 Å². The second-order valence-corrected chi connectivity index (χ2v) is 5.72. The average Bonchev–Trinajstić information content (AvgIpc) is 2.46. The summed E-state index contributed by atoms with van der Waals surface area (Å²) in [5.74, 6) is -0.300. The Bertz CT molecular complexity index is 430. The summed E-state index contributed by atoms with van der Waals surface area (Å²) in [5.41, 5.74) is 14.1. The van der Waals surface area contributed by atoms with Crippen LogP contribution in [0.2, 0.25) is 0 Å². The molecule has 4 nitrogen and oxygen atoms in total. The van der Waals surface area contributed by atoms with Crippen molar-refractivity contribution in [1.29, 1.82) is 0 Å². The molecule has 1 aromatic carbocycles. The molecule has 0 heterocycles. The summed E-state index contributed by atoms with van der Waals surface area (Å²) in [6.07, 6.45) is 2.98. The second kappa shape index (κ2) is 8.80. The molecule has 1 amide bonds. The molecule has 0 spiro atoms. The molecule has 0 fully saturated rings. The zero-order chi connectivity index (χ0) is 15.8. The Kier molecular flexibility index (Phi) is 7.40. The van der Waals surface area contributed by atoms with Crippen LogP contribution >= 0.6 is 0 Å². The van der Waals surface area contributed by atoms with E-state index >= 15 is 0 Å². The Morgan fingerprint density at radius 2 is 1.86 bits per heavy atom. The molecule has 0 aliphatic carbocycles. The van der Waals surface area contributed by atoms with Gasteiger partial charge in [-0.1, -0.05) is 50.1 Å². The molecule has 0 saturated heterocycles. The van der Waals surface area contributed by atoms with Crippen molar-refractivity contribution < 1.29 is 4.79 Å². The molecule has 1 rings (SSSR count). The van der Waals surface area contributed by atoms with Gasteiger partial charge in [0, 0.05) is 6.04 Å². The first-order valence-corrected chi connectivity index (χ1v) is 7.84. The molecule has 2 unspecified atom stereocenters. The maximum Gasteiger partial charge on any atom is 0.231 e. The van der Waals surface area contributed by atoms with Gasteiger partial charge in [0.05, 0.1) is 12.6 Å². The van der Waals surface area contributed by atoms with Crippen LogP contribution in [-0.4, -0.2) is 29.9 Å². The van der Waals surface area contributed by atoms with Crippen molar-refractivity contribution in [3.63, 3.8) is 0 Å². The number of hydrogen-bond donors (Lipinski definition) is 2. The molecule has 4 heteroatoms. The normalized spacial score (nSPS) is 14.1. The van der Waals surface area contributed by atoms with Crippen LogP contribution in [0.15, 0.2) is 24.3 Å². The Morgan fingerprint density at radius 3 is 2.33 bits per heavy atom. The Hall–Kier alpha value is -1.39. The lowest BCUT2D eigenvalue weighted by Crippen LogP contribution is -2.45. The van der Waals surface area contributed by atoms with Crippen molar-refractivity contribution in [3.8, 4) is 0 Å². The number of aryl methyl sites for hydroxylation is 1. The number of amides is 1. The molecule has 0 saturated carbocycles.